The molecule has 11 heteroatoms. The average molecular weight is 522 g/mol. The van der Waals surface area contributed by atoms with Gasteiger partial charge in [-0.15, -0.1) is 0 Å². The lowest BCUT2D eigenvalue weighted by atomic mass is 9.81. The van der Waals surface area contributed by atoms with E-state index >= 15 is 0 Å². The molecule has 3 aromatic rings. The summed E-state index contributed by atoms with van der Waals surface area (Å²) in [6, 6.07) is 1.65. The van der Waals surface area contributed by atoms with Crippen LogP contribution >= 0.6 is 0 Å². The van der Waals surface area contributed by atoms with E-state index in [0.29, 0.717) is 35.3 Å². The minimum atomic E-state index is -1.96. The number of cyclic esters (lactones) is 1. The number of aryl methyl sites for hydroxylation is 1. The van der Waals surface area contributed by atoms with Crippen LogP contribution in [0.15, 0.2) is 16.9 Å². The van der Waals surface area contributed by atoms with Crippen molar-refractivity contribution in [2.24, 2.45) is 11.5 Å². The minimum absolute atomic E-state index is 0.0170. The molecular weight excluding hydrogens is 493 g/mol. The molecule has 3 aliphatic rings. The molecule has 198 valence electrons. The van der Waals surface area contributed by atoms with Crippen LogP contribution in [0.5, 0.6) is 0 Å². The summed E-state index contributed by atoms with van der Waals surface area (Å²) in [5, 5.41) is 14.9. The summed E-state index contributed by atoms with van der Waals surface area (Å²) in [5.74, 6) is -1.59. The highest BCUT2D eigenvalue weighted by atomic mass is 19.1. The topological polar surface area (TPSA) is 163 Å². The molecule has 4 heterocycles. The van der Waals surface area contributed by atoms with Gasteiger partial charge in [0.1, 0.15) is 12.4 Å². The van der Waals surface area contributed by atoms with E-state index in [2.05, 4.69) is 5.32 Å². The van der Waals surface area contributed by atoms with Gasteiger partial charge in [-0.25, -0.2) is 14.2 Å². The van der Waals surface area contributed by atoms with Gasteiger partial charge in [0.05, 0.1) is 41.1 Å². The fourth-order valence-electron chi connectivity index (χ4n) is 6.08. The molecule has 1 amide bonds. The van der Waals surface area contributed by atoms with Gasteiger partial charge in [0.2, 0.25) is 5.91 Å². The lowest BCUT2D eigenvalue weighted by Crippen LogP contribution is -2.47. The molecule has 1 aliphatic carbocycles. The summed E-state index contributed by atoms with van der Waals surface area (Å²) in [7, 11) is 0. The second-order valence-corrected chi connectivity index (χ2v) is 10.3. The molecule has 0 fully saturated rings. The number of halogens is 1. The third-order valence-corrected chi connectivity index (χ3v) is 8.29. The Balaban J connectivity index is 1.63. The highest BCUT2D eigenvalue weighted by molar-refractivity contribution is 5.94. The third-order valence-electron chi connectivity index (χ3n) is 8.29. The first kappa shape index (κ1) is 24.7. The van der Waals surface area contributed by atoms with Crippen molar-refractivity contribution < 1.29 is 23.8 Å². The summed E-state index contributed by atoms with van der Waals surface area (Å²) >= 11 is 0. The van der Waals surface area contributed by atoms with Gasteiger partial charge in [-0.05, 0) is 48.9 Å². The van der Waals surface area contributed by atoms with Gasteiger partial charge in [-0.2, -0.15) is 0 Å². The maximum Gasteiger partial charge on any atom is 0.343 e. The summed E-state index contributed by atoms with van der Waals surface area (Å²) < 4.78 is 21.6. The molecule has 2 aliphatic heterocycles. The van der Waals surface area contributed by atoms with Gasteiger partial charge in [-0.1, -0.05) is 6.92 Å². The maximum atomic E-state index is 15.0. The summed E-state index contributed by atoms with van der Waals surface area (Å²) in [5.41, 5.74) is 13.7. The van der Waals surface area contributed by atoms with Crippen LogP contribution in [0.2, 0.25) is 0 Å². The zero-order valence-electron chi connectivity index (χ0n) is 21.1. The van der Waals surface area contributed by atoms with E-state index in [1.165, 1.54) is 10.6 Å². The fraction of sp³-hybridized carbons (Fsp3) is 0.407. The number of aromatic nitrogens is 2. The predicted octanol–water partition coefficient (Wildman–Crippen LogP) is 0.917. The normalized spacial score (nSPS) is 21.9. The van der Waals surface area contributed by atoms with Gasteiger partial charge in [0, 0.05) is 29.1 Å². The number of nitrogens with two attached hydrogens (primary N) is 2. The van der Waals surface area contributed by atoms with Crippen LogP contribution in [0.3, 0.4) is 0 Å². The molecule has 0 saturated heterocycles. The number of pyridine rings is 2. The second kappa shape index (κ2) is 8.42. The Kier molecular flexibility index (Phi) is 5.46. The van der Waals surface area contributed by atoms with Gasteiger partial charge in [0.15, 0.2) is 5.60 Å². The van der Waals surface area contributed by atoms with Crippen LogP contribution in [0.1, 0.15) is 59.2 Å². The number of hydrogen-bond acceptors (Lipinski definition) is 8. The number of nitrogens with one attached hydrogen (secondary N) is 1. The van der Waals surface area contributed by atoms with Gasteiger partial charge >= 0.3 is 5.97 Å². The molecule has 3 atom stereocenters. The van der Waals surface area contributed by atoms with Crippen molar-refractivity contribution in [2.45, 2.75) is 63.9 Å². The van der Waals surface area contributed by atoms with Crippen LogP contribution in [-0.2, 0) is 39.5 Å². The molecule has 0 spiro atoms. The van der Waals surface area contributed by atoms with E-state index in [-0.39, 0.29) is 43.1 Å². The lowest BCUT2D eigenvalue weighted by molar-refractivity contribution is -0.172. The van der Waals surface area contributed by atoms with E-state index in [1.54, 1.807) is 19.9 Å². The zero-order chi connectivity index (χ0) is 27.1. The van der Waals surface area contributed by atoms with Crippen molar-refractivity contribution in [1.29, 1.82) is 0 Å². The molecule has 2 aromatic heterocycles. The molecule has 10 nitrogen and oxygen atoms in total. The Morgan fingerprint density at radius 2 is 2.11 bits per heavy atom. The molecule has 6 rings (SSSR count). The molecular formula is C27H28FN5O5. The number of rotatable bonds is 4. The first-order valence-corrected chi connectivity index (χ1v) is 12.7. The molecule has 38 heavy (non-hydrogen) atoms. The zero-order valence-corrected chi connectivity index (χ0v) is 21.1. The van der Waals surface area contributed by atoms with Crippen LogP contribution in [0.25, 0.3) is 22.3 Å². The number of carbonyl (C=O) groups is 2. The molecule has 1 aromatic carbocycles. The van der Waals surface area contributed by atoms with Crippen molar-refractivity contribution in [3.8, 4) is 11.4 Å². The third kappa shape index (κ3) is 3.22. The van der Waals surface area contributed by atoms with Gasteiger partial charge in [-0.3, -0.25) is 9.59 Å². The van der Waals surface area contributed by atoms with Gasteiger partial charge in [0.25, 0.3) is 5.56 Å². The van der Waals surface area contributed by atoms with Crippen LogP contribution in [0.4, 0.5) is 4.39 Å². The first-order valence-electron chi connectivity index (χ1n) is 12.7. The Morgan fingerprint density at radius 1 is 1.34 bits per heavy atom. The van der Waals surface area contributed by atoms with Crippen molar-refractivity contribution in [3.05, 3.63) is 61.7 Å². The number of nitrogens with zero attached hydrogens (tertiary/aromatic N) is 2. The molecule has 0 bridgehead atoms. The predicted molar refractivity (Wildman–Crippen MR) is 135 cm³/mol. The Hall–Kier alpha value is -3.67. The van der Waals surface area contributed by atoms with E-state index in [0.717, 1.165) is 22.1 Å². The average Bonchev–Trinajstić information content (AvgIpc) is 3.28. The Morgan fingerprint density at radius 3 is 2.82 bits per heavy atom. The number of ether oxygens (including phenoxy) is 1. The standard InChI is InChI=1S/C27H28FN5O5/c1-3-27(37)15-6-20-23-13(9-33(20)25(35)14(15)10-38-26(27)36)22-18(32-24(34)17(30)8-29)5-4-12-11(2)16(28)7-19(31-23)21(12)22/h6-7,17-18,37H,3-5,8-10,29-30H2,1-2H3,(H,32,34). The Bertz CT molecular complexity index is 1630. The monoisotopic (exact) mass is 521 g/mol. The number of hydrogen-bond donors (Lipinski definition) is 4. The van der Waals surface area contributed by atoms with E-state index in [9.17, 15) is 23.9 Å². The molecule has 6 N–H and O–H groups in total. The summed E-state index contributed by atoms with van der Waals surface area (Å²) in [6.45, 7) is 3.27. The summed E-state index contributed by atoms with van der Waals surface area (Å²) in [4.78, 5) is 43.7. The van der Waals surface area contributed by atoms with Crippen LogP contribution in [-0.4, -0.2) is 39.1 Å². The second-order valence-electron chi connectivity index (χ2n) is 10.3. The van der Waals surface area contributed by atoms with Crippen LogP contribution in [0, 0.1) is 12.7 Å². The quantitative estimate of drug-likeness (QED) is 0.288. The van der Waals surface area contributed by atoms with E-state index in [4.69, 9.17) is 21.2 Å². The van der Waals surface area contributed by atoms with E-state index in [1.807, 2.05) is 0 Å². The fourth-order valence-corrected chi connectivity index (χ4v) is 6.08. The number of aliphatic hydroxyl groups is 1. The SMILES string of the molecule is CCC1(O)C(=O)OCc2c1cc1n(c2=O)Cc2c-1nc1cc(F)c(C)c3c1c2C(NC(=O)C(N)CN)CC3. The number of carbonyl (C=O) groups excluding carboxylic acids is 2. The molecule has 0 radical (unpaired) electrons. The van der Waals surface area contributed by atoms with Crippen molar-refractivity contribution >= 4 is 22.8 Å². The van der Waals surface area contributed by atoms with Crippen molar-refractivity contribution in [1.82, 2.24) is 14.9 Å². The largest absolute Gasteiger partial charge is 0.458 e. The van der Waals surface area contributed by atoms with Crippen molar-refractivity contribution in [3.63, 3.8) is 0 Å². The number of fused-ring (bicyclic) bond motifs is 5. The smallest absolute Gasteiger partial charge is 0.343 e. The Labute approximate surface area is 216 Å². The highest BCUT2D eigenvalue weighted by Crippen LogP contribution is 2.45. The number of esters is 1. The van der Waals surface area contributed by atoms with E-state index < -0.39 is 35.1 Å². The molecule has 3 unspecified atom stereocenters. The van der Waals surface area contributed by atoms with Gasteiger partial charge < -0.3 is 31.2 Å². The van der Waals surface area contributed by atoms with Crippen molar-refractivity contribution in [2.75, 3.05) is 6.54 Å². The number of benzene rings is 1. The lowest BCUT2D eigenvalue weighted by Gasteiger charge is -2.31. The number of amides is 1. The first-order chi connectivity index (χ1) is 18.1. The van der Waals surface area contributed by atoms with Crippen LogP contribution < -0.4 is 22.3 Å². The molecule has 0 saturated carbocycles. The summed E-state index contributed by atoms with van der Waals surface area (Å²) in [6.07, 6.45) is 1.06. The highest BCUT2D eigenvalue weighted by Gasteiger charge is 2.46. The minimum Gasteiger partial charge on any atom is -0.458 e. The maximum absolute atomic E-state index is 15.0.